The molecule has 0 aliphatic carbocycles. The second kappa shape index (κ2) is 40.1. The van der Waals surface area contributed by atoms with Crippen molar-refractivity contribution >= 4 is 123 Å². The molecule has 0 radical (unpaired) electrons. The second-order valence-electron chi connectivity index (χ2n) is 29.4. The number of esters is 4. The van der Waals surface area contributed by atoms with Gasteiger partial charge < -0.3 is 18.9 Å². The number of anilines is 4. The fourth-order valence-electron chi connectivity index (χ4n) is 10.5. The van der Waals surface area contributed by atoms with Crippen LogP contribution in [-0.4, -0.2) is 118 Å². The molecule has 1 heterocycles. The van der Waals surface area contributed by atoms with Gasteiger partial charge >= 0.3 is 23.9 Å². The van der Waals surface area contributed by atoms with Gasteiger partial charge in [-0.1, -0.05) is 96.0 Å². The lowest BCUT2D eigenvalue weighted by atomic mass is 10.1. The average molecular weight is 1690 g/mol. The number of halogens is 12. The minimum Gasteiger partial charge on any atom is -0.459 e. The highest BCUT2D eigenvalue weighted by Gasteiger charge is 2.35. The van der Waals surface area contributed by atoms with Crippen LogP contribution in [0.2, 0.25) is 15.1 Å². The molecule has 20 nitrogen and oxygen atoms in total. The molecule has 9 aromatic rings. The van der Waals surface area contributed by atoms with E-state index in [1.54, 1.807) is 138 Å². The Balaban J connectivity index is 0.000000242. The van der Waals surface area contributed by atoms with E-state index in [0.29, 0.717) is 64.5 Å². The minimum atomic E-state index is -1.41. The number of hydrogen-bond donors (Lipinski definition) is 1. The third kappa shape index (κ3) is 27.9. The Kier molecular flexibility index (Phi) is 32.2. The molecule has 9 rings (SSSR count). The normalized spacial score (nSPS) is 11.2. The molecular weight excluding hydrogens is 1610 g/mol. The lowest BCUT2D eigenvalue weighted by Crippen LogP contribution is -2.39. The van der Waals surface area contributed by atoms with E-state index in [0.717, 1.165) is 14.7 Å². The first-order chi connectivity index (χ1) is 54.3. The summed E-state index contributed by atoms with van der Waals surface area (Å²) < 4.78 is 146. The Labute approximate surface area is 683 Å². The van der Waals surface area contributed by atoms with Crippen LogP contribution in [0.3, 0.4) is 0 Å². The maximum Gasteiger partial charge on any atom is 0.326 e. The van der Waals surface area contributed by atoms with Crippen molar-refractivity contribution < 1.29 is 106 Å². The number of benzene rings is 8. The number of H-pyrrole nitrogens is 1. The van der Waals surface area contributed by atoms with Gasteiger partial charge in [0.25, 0.3) is 23.6 Å². The lowest BCUT2D eigenvalue weighted by Gasteiger charge is -2.26. The number of amides is 4. The van der Waals surface area contributed by atoms with Gasteiger partial charge in [0.2, 0.25) is 0 Å². The number of nitrogens with one attached hydrogen (secondary N) is 1. The number of ether oxygens (including phenoxy) is 4. The monoisotopic (exact) mass is 1680 g/mol. The fourth-order valence-corrected chi connectivity index (χ4v) is 11.5. The quantitative estimate of drug-likeness (QED) is 0.0322. The van der Waals surface area contributed by atoms with Gasteiger partial charge in [-0.3, -0.25) is 72.6 Å². The summed E-state index contributed by atoms with van der Waals surface area (Å²) in [5.74, 6) is -19.4. The summed E-state index contributed by atoms with van der Waals surface area (Å²) >= 11 is 18.3. The Morgan fingerprint density at radius 1 is 0.385 bits per heavy atom. The van der Waals surface area contributed by atoms with Gasteiger partial charge in [0.15, 0.2) is 11.6 Å². The van der Waals surface area contributed by atoms with E-state index < -0.39 is 165 Å². The number of ketones is 2. The summed E-state index contributed by atoms with van der Waals surface area (Å²) in [4.78, 5) is 129. The van der Waals surface area contributed by atoms with Crippen molar-refractivity contribution in [3.8, 4) is 11.3 Å². The predicted octanol–water partition coefficient (Wildman–Crippen LogP) is 19.4. The summed E-state index contributed by atoms with van der Waals surface area (Å²) in [6.45, 7) is 24.0. The maximum absolute atomic E-state index is 14.3. The highest BCUT2D eigenvalue weighted by Crippen LogP contribution is 2.34. The number of hydrogen-bond acceptors (Lipinski definition) is 15. The molecule has 32 heteroatoms. The maximum atomic E-state index is 14.3. The lowest BCUT2D eigenvalue weighted by molar-refractivity contribution is -0.154. The molecule has 117 heavy (non-hydrogen) atoms. The van der Waals surface area contributed by atoms with E-state index in [1.165, 1.54) is 91.7 Å². The molecular formula is C85H80Cl3F9N6O14. The van der Waals surface area contributed by atoms with Crippen LogP contribution in [0, 0.1) is 52.4 Å². The van der Waals surface area contributed by atoms with Crippen molar-refractivity contribution in [1.29, 1.82) is 0 Å². The number of carbonyl (C=O) groups is 10. The number of nitrogens with zero attached hydrogens (tertiary/aromatic N) is 5. The Hall–Kier alpha value is -12.0. The van der Waals surface area contributed by atoms with Crippen molar-refractivity contribution in [3.63, 3.8) is 0 Å². The van der Waals surface area contributed by atoms with Crippen LogP contribution in [-0.2, 0) is 38.1 Å². The van der Waals surface area contributed by atoms with Crippen molar-refractivity contribution in [2.75, 3.05) is 45.8 Å². The first kappa shape index (κ1) is 93.9. The van der Waals surface area contributed by atoms with Gasteiger partial charge in [-0.05, 0) is 169 Å². The number of rotatable bonds is 20. The highest BCUT2D eigenvalue weighted by molar-refractivity contribution is 6.43. The molecule has 0 fully saturated rings. The molecule has 0 saturated heterocycles. The van der Waals surface area contributed by atoms with E-state index in [-0.39, 0.29) is 54.8 Å². The Morgan fingerprint density at radius 2 is 0.667 bits per heavy atom. The van der Waals surface area contributed by atoms with Gasteiger partial charge in [-0.25, -0.2) is 39.5 Å². The van der Waals surface area contributed by atoms with E-state index >= 15 is 0 Å². The Bertz CT molecular complexity index is 5010. The van der Waals surface area contributed by atoms with Crippen molar-refractivity contribution in [3.05, 3.63) is 271 Å². The van der Waals surface area contributed by atoms with Crippen LogP contribution in [0.1, 0.15) is 165 Å². The summed E-state index contributed by atoms with van der Waals surface area (Å²) in [6.07, 6.45) is 3.05. The molecule has 0 bridgehead atoms. The first-order valence-electron chi connectivity index (χ1n) is 35.1. The van der Waals surface area contributed by atoms with Crippen LogP contribution >= 0.6 is 34.8 Å². The number of aromatic nitrogens is 2. The molecule has 0 unspecified atom stereocenters. The van der Waals surface area contributed by atoms with Crippen molar-refractivity contribution in [1.82, 2.24) is 10.2 Å². The van der Waals surface area contributed by atoms with E-state index in [2.05, 4.69) is 16.8 Å². The second-order valence-corrected chi connectivity index (χ2v) is 30.7. The molecule has 4 amide bonds. The molecule has 1 N–H and O–H groups in total. The van der Waals surface area contributed by atoms with E-state index in [9.17, 15) is 87.5 Å². The SMILES string of the molecule is C=Cc1cccc(N(CC(=O)OC(C)(C)C)C(=O)c2c(F)cc(F)cc2F)c1.CC(=O)c1cccc(N(CC(=O)OC(C)(C)C)C(=O)c2c(Cl)cc(Cl)cc2Cl)c1.CC(=O)c1cccc(N(CC(=O)OC(C)(C)C)C(=O)c2c(F)cc(F)cc2F)c1.CC(C)(C)OC(=O)CN(C(=O)c1c(F)cc(F)cc1F)c1cccc(-c2ccn[nH]2)c1. The standard InChI is InChI=1S/C22H20F3N3O3.C21H20Cl3NO4.C21H20F3NO4.C21H20F3NO3/c1-22(2,3)31-19(29)12-28(21(30)20-16(24)10-14(23)11-17(20)25)15-6-4-5-13(9-15)18-7-8-26-27-18;2*1-12(26)13-6-5-7-15(8-13)25(11-18(27)29-21(2,3)4)20(28)19-16(23)9-14(22)10-17(19)24;1-5-13-7-6-8-15(9-13)25(12-18(26)28-21(2,3)4)20(27)19-16(23)10-14(22)11-17(19)24/h4-11H,12H2,1-3H3,(H,26,27);2*5-10H,11H2,1-4H3;5-11H,1,12H2,2-4H3. The van der Waals surface area contributed by atoms with E-state index in [1.807, 2.05) is 0 Å². The van der Waals surface area contributed by atoms with Gasteiger partial charge in [0.1, 0.15) is 118 Å². The summed E-state index contributed by atoms with van der Waals surface area (Å²) in [5, 5.41) is 7.00. The zero-order valence-electron chi connectivity index (χ0n) is 65.6. The molecule has 618 valence electrons. The first-order valence-corrected chi connectivity index (χ1v) is 36.2. The summed E-state index contributed by atoms with van der Waals surface area (Å²) in [5.41, 5.74) is -2.96. The zero-order valence-corrected chi connectivity index (χ0v) is 67.9. The van der Waals surface area contributed by atoms with Crippen molar-refractivity contribution in [2.24, 2.45) is 0 Å². The highest BCUT2D eigenvalue weighted by atomic mass is 35.5. The minimum absolute atomic E-state index is 0.00507. The third-order valence-corrected chi connectivity index (χ3v) is 16.0. The molecule has 0 atom stereocenters. The number of Topliss-reactive ketones (excluding diaryl/α,β-unsaturated/α-hetero) is 2. The molecule has 0 saturated carbocycles. The van der Waals surface area contributed by atoms with Crippen LogP contribution in [0.4, 0.5) is 62.3 Å². The topological polar surface area (TPSA) is 249 Å². The molecule has 0 aliphatic heterocycles. The smallest absolute Gasteiger partial charge is 0.326 e. The third-order valence-electron chi connectivity index (χ3n) is 15.2. The van der Waals surface area contributed by atoms with Crippen LogP contribution in [0.15, 0.2) is 164 Å². The van der Waals surface area contributed by atoms with Gasteiger partial charge in [0, 0.05) is 87.1 Å². The number of carbonyl (C=O) groups excluding carboxylic acids is 10. The van der Waals surface area contributed by atoms with Gasteiger partial charge in [-0.2, -0.15) is 5.10 Å². The molecule has 8 aromatic carbocycles. The predicted molar refractivity (Wildman–Crippen MR) is 424 cm³/mol. The van der Waals surface area contributed by atoms with E-state index in [4.69, 9.17) is 53.8 Å². The fraction of sp³-hybridized carbons (Fsp3) is 0.259. The average Bonchev–Trinajstić information content (AvgIpc) is 0.909. The van der Waals surface area contributed by atoms with Gasteiger partial charge in [0.05, 0.1) is 21.3 Å². The van der Waals surface area contributed by atoms with Gasteiger partial charge in [-0.15, -0.1) is 0 Å². The molecule has 0 spiro atoms. The zero-order chi connectivity index (χ0) is 87.7. The Morgan fingerprint density at radius 3 is 0.949 bits per heavy atom. The van der Waals surface area contributed by atoms with Crippen LogP contribution < -0.4 is 19.6 Å². The van der Waals surface area contributed by atoms with Crippen LogP contribution in [0.5, 0.6) is 0 Å². The number of aromatic amines is 1. The molecule has 1 aromatic heterocycles. The van der Waals surface area contributed by atoms with Crippen LogP contribution in [0.25, 0.3) is 17.3 Å². The largest absolute Gasteiger partial charge is 0.459 e. The van der Waals surface area contributed by atoms with Crippen molar-refractivity contribution in [2.45, 2.75) is 119 Å². The molecule has 0 aliphatic rings. The summed E-state index contributed by atoms with van der Waals surface area (Å²) in [7, 11) is 0. The summed E-state index contributed by atoms with van der Waals surface area (Å²) in [6, 6.07) is 31.5.